The van der Waals surface area contributed by atoms with Crippen LogP contribution in [0.2, 0.25) is 0 Å². The van der Waals surface area contributed by atoms with Gasteiger partial charge in [0.2, 0.25) is 5.91 Å². The molecule has 2 N–H and O–H groups in total. The molecular weight excluding hydrogens is 396 g/mol. The number of hydrogen-bond donors (Lipinski definition) is 2. The van der Waals surface area contributed by atoms with Crippen LogP contribution in [-0.2, 0) is 14.6 Å². The Labute approximate surface area is 170 Å². The largest absolute Gasteiger partial charge is 0.493 e. The van der Waals surface area contributed by atoms with E-state index in [4.69, 9.17) is 9.47 Å². The molecule has 0 saturated heterocycles. The number of hydrogen-bond acceptors (Lipinski definition) is 6. The first-order chi connectivity index (χ1) is 13.7. The Hall–Kier alpha value is -3.07. The lowest BCUT2D eigenvalue weighted by molar-refractivity contribution is -0.120. The minimum atomic E-state index is -3.27. The van der Waals surface area contributed by atoms with Crippen LogP contribution in [0.1, 0.15) is 28.9 Å². The third-order valence-electron chi connectivity index (χ3n) is 4.24. The van der Waals surface area contributed by atoms with E-state index in [1.807, 2.05) is 0 Å². The van der Waals surface area contributed by atoms with E-state index in [1.165, 1.54) is 32.4 Å². The maximum Gasteiger partial charge on any atom is 0.251 e. The summed E-state index contributed by atoms with van der Waals surface area (Å²) in [4.78, 5) is 24.6. The minimum Gasteiger partial charge on any atom is -0.493 e. The van der Waals surface area contributed by atoms with Crippen LogP contribution in [0.25, 0.3) is 0 Å². The van der Waals surface area contributed by atoms with Crippen LogP contribution >= 0.6 is 0 Å². The molecule has 0 saturated carbocycles. The van der Waals surface area contributed by atoms with E-state index in [0.717, 1.165) is 11.8 Å². The van der Waals surface area contributed by atoms with Crippen LogP contribution in [-0.4, -0.2) is 47.3 Å². The molecular formula is C20H24N2O6S. The van der Waals surface area contributed by atoms with Crippen LogP contribution in [0.4, 0.5) is 0 Å². The fraction of sp³-hybridized carbons (Fsp3) is 0.300. The summed E-state index contributed by atoms with van der Waals surface area (Å²) in [5.41, 5.74) is 1.08. The van der Waals surface area contributed by atoms with Gasteiger partial charge in [-0.2, -0.15) is 0 Å². The molecule has 0 aromatic heterocycles. The Morgan fingerprint density at radius 3 is 2.17 bits per heavy atom. The molecule has 0 aliphatic rings. The highest BCUT2D eigenvalue weighted by molar-refractivity contribution is 7.90. The van der Waals surface area contributed by atoms with E-state index < -0.39 is 15.7 Å². The first-order valence-electron chi connectivity index (χ1n) is 8.75. The fourth-order valence-corrected chi connectivity index (χ4v) is 3.25. The topological polar surface area (TPSA) is 111 Å². The van der Waals surface area contributed by atoms with Gasteiger partial charge in [-0.1, -0.05) is 12.1 Å². The van der Waals surface area contributed by atoms with Crippen LogP contribution in [0.15, 0.2) is 47.4 Å². The standard InChI is InChI=1S/C20H24N2O6S/c1-13(14-5-8-16(9-6-14)29(4,25)26)22-19(23)12-21-20(24)15-7-10-17(27-2)18(11-15)28-3/h5-11,13H,12H2,1-4H3,(H,21,24)(H,22,23). The molecule has 0 aliphatic heterocycles. The number of carbonyl (C=O) groups excluding carboxylic acids is 2. The van der Waals surface area contributed by atoms with Gasteiger partial charge in [-0.05, 0) is 42.8 Å². The average Bonchev–Trinajstić information content (AvgIpc) is 2.70. The van der Waals surface area contributed by atoms with E-state index in [0.29, 0.717) is 17.1 Å². The second-order valence-corrected chi connectivity index (χ2v) is 8.40. The Morgan fingerprint density at radius 1 is 1.00 bits per heavy atom. The summed E-state index contributed by atoms with van der Waals surface area (Å²) >= 11 is 0. The maximum atomic E-state index is 12.3. The summed E-state index contributed by atoms with van der Waals surface area (Å²) in [6, 6.07) is 10.6. The zero-order valence-electron chi connectivity index (χ0n) is 16.7. The molecule has 0 radical (unpaired) electrons. The monoisotopic (exact) mass is 420 g/mol. The smallest absolute Gasteiger partial charge is 0.251 e. The van der Waals surface area contributed by atoms with Crippen molar-refractivity contribution in [3.05, 3.63) is 53.6 Å². The van der Waals surface area contributed by atoms with Gasteiger partial charge in [0.1, 0.15) is 0 Å². The third-order valence-corrected chi connectivity index (χ3v) is 5.37. The summed E-state index contributed by atoms with van der Waals surface area (Å²) < 4.78 is 33.3. The third kappa shape index (κ3) is 5.95. The molecule has 2 rings (SSSR count). The van der Waals surface area contributed by atoms with Gasteiger partial charge in [0.05, 0.1) is 31.7 Å². The first kappa shape index (κ1) is 22.2. The lowest BCUT2D eigenvalue weighted by Gasteiger charge is -2.15. The average molecular weight is 420 g/mol. The molecule has 0 bridgehead atoms. The van der Waals surface area contributed by atoms with Crippen molar-refractivity contribution in [1.82, 2.24) is 10.6 Å². The number of methoxy groups -OCH3 is 2. The van der Waals surface area contributed by atoms with Crippen LogP contribution < -0.4 is 20.1 Å². The van der Waals surface area contributed by atoms with Crippen molar-refractivity contribution in [1.29, 1.82) is 0 Å². The van der Waals surface area contributed by atoms with Crippen molar-refractivity contribution in [2.24, 2.45) is 0 Å². The maximum absolute atomic E-state index is 12.3. The molecule has 0 spiro atoms. The molecule has 8 nitrogen and oxygen atoms in total. The first-order valence-corrected chi connectivity index (χ1v) is 10.6. The Morgan fingerprint density at radius 2 is 1.62 bits per heavy atom. The highest BCUT2D eigenvalue weighted by Crippen LogP contribution is 2.27. The van der Waals surface area contributed by atoms with Gasteiger partial charge in [0, 0.05) is 11.8 Å². The number of ether oxygens (including phenoxy) is 2. The zero-order valence-corrected chi connectivity index (χ0v) is 17.5. The Balaban J connectivity index is 1.93. The molecule has 29 heavy (non-hydrogen) atoms. The molecule has 1 atom stereocenters. The number of rotatable bonds is 8. The quantitative estimate of drug-likeness (QED) is 0.673. The van der Waals surface area contributed by atoms with E-state index in [-0.39, 0.29) is 23.4 Å². The highest BCUT2D eigenvalue weighted by atomic mass is 32.2. The lowest BCUT2D eigenvalue weighted by atomic mass is 10.1. The van der Waals surface area contributed by atoms with Gasteiger partial charge in [-0.25, -0.2) is 8.42 Å². The van der Waals surface area contributed by atoms with Gasteiger partial charge in [0.15, 0.2) is 21.3 Å². The number of amides is 2. The molecule has 2 aromatic rings. The number of carbonyl (C=O) groups is 2. The summed E-state index contributed by atoms with van der Waals surface area (Å²) in [6.07, 6.45) is 1.13. The van der Waals surface area contributed by atoms with Gasteiger partial charge in [-0.3, -0.25) is 9.59 Å². The van der Waals surface area contributed by atoms with E-state index in [2.05, 4.69) is 10.6 Å². The number of sulfone groups is 1. The molecule has 0 fully saturated rings. The predicted molar refractivity (Wildman–Crippen MR) is 108 cm³/mol. The van der Waals surface area contributed by atoms with Crippen molar-refractivity contribution in [2.45, 2.75) is 17.9 Å². The summed E-state index contributed by atoms with van der Waals surface area (Å²) in [7, 11) is -0.307. The second-order valence-electron chi connectivity index (χ2n) is 6.38. The molecule has 0 aliphatic carbocycles. The fourth-order valence-electron chi connectivity index (χ4n) is 2.62. The second kappa shape index (κ2) is 9.42. The van der Waals surface area contributed by atoms with Gasteiger partial charge < -0.3 is 20.1 Å². The molecule has 0 heterocycles. The van der Waals surface area contributed by atoms with Crippen LogP contribution in [0, 0.1) is 0 Å². The van der Waals surface area contributed by atoms with Crippen molar-refractivity contribution < 1.29 is 27.5 Å². The molecule has 2 amide bonds. The normalized spacial score (nSPS) is 12.0. The van der Waals surface area contributed by atoms with E-state index >= 15 is 0 Å². The van der Waals surface area contributed by atoms with Gasteiger partial charge >= 0.3 is 0 Å². The number of nitrogens with one attached hydrogen (secondary N) is 2. The zero-order chi connectivity index (χ0) is 21.6. The molecule has 2 aromatic carbocycles. The van der Waals surface area contributed by atoms with Crippen molar-refractivity contribution in [3.8, 4) is 11.5 Å². The molecule has 156 valence electrons. The van der Waals surface area contributed by atoms with E-state index in [1.54, 1.807) is 31.2 Å². The SMILES string of the molecule is COc1ccc(C(=O)NCC(=O)NC(C)c2ccc(S(C)(=O)=O)cc2)cc1OC. The van der Waals surface area contributed by atoms with Gasteiger partial charge in [0.25, 0.3) is 5.91 Å². The van der Waals surface area contributed by atoms with Crippen LogP contribution in [0.3, 0.4) is 0 Å². The minimum absolute atomic E-state index is 0.209. The van der Waals surface area contributed by atoms with Crippen molar-refractivity contribution in [2.75, 3.05) is 27.0 Å². The summed E-state index contributed by atoms with van der Waals surface area (Å²) in [5, 5.41) is 5.30. The molecule has 9 heteroatoms. The van der Waals surface area contributed by atoms with E-state index in [9.17, 15) is 18.0 Å². The Bertz CT molecular complexity index is 987. The van der Waals surface area contributed by atoms with Crippen molar-refractivity contribution in [3.63, 3.8) is 0 Å². The Kier molecular flexibility index (Phi) is 7.22. The molecule has 1 unspecified atom stereocenters. The summed E-state index contributed by atoms with van der Waals surface area (Å²) in [5.74, 6) is 0.109. The summed E-state index contributed by atoms with van der Waals surface area (Å²) in [6.45, 7) is 1.56. The predicted octanol–water partition coefficient (Wildman–Crippen LogP) is 1.71. The highest BCUT2D eigenvalue weighted by Gasteiger charge is 2.14. The lowest BCUT2D eigenvalue weighted by Crippen LogP contribution is -2.38. The van der Waals surface area contributed by atoms with Crippen LogP contribution in [0.5, 0.6) is 11.5 Å². The van der Waals surface area contributed by atoms with Crippen molar-refractivity contribution >= 4 is 21.7 Å². The van der Waals surface area contributed by atoms with Gasteiger partial charge in [-0.15, -0.1) is 0 Å². The number of benzene rings is 2.